The molecular weight excluding hydrogens is 849 g/mol. The monoisotopic (exact) mass is 929 g/mol. The van der Waals surface area contributed by atoms with E-state index in [-0.39, 0.29) is 40.1 Å². The number of ether oxygens (including phenoxy) is 6. The minimum Gasteiger partial charge on any atom is -0.396 e. The lowest BCUT2D eigenvalue weighted by atomic mass is 9.33. The summed E-state index contributed by atoms with van der Waals surface area (Å²) in [5.74, 6) is 0.601. The Morgan fingerprint density at radius 3 is 1.94 bits per heavy atom. The van der Waals surface area contributed by atoms with Crippen molar-refractivity contribution in [2.75, 3.05) is 19.8 Å². The SMILES string of the molecule is C[C@H]1O[C@H](O[C@@H]2[C@@H](O)[C@H](O)[C@@H](O[C@@H]3CC[C@]4(C)[C@H](CC[C@@]5(C)[C@H]4CC=C4[C@H]6CC(C)(C)CC[C@@]6(CO)[C@H](O)C[C@@]45C)C3(C)C)O[C@H]2CO[C@H]2O[C@@H](CO)[C@H](O)[C@@H](O)[C@@H]2O)[C@@H](O)[C@@H](O)[C@@H]1O. The minimum atomic E-state index is -1.76. The normalized spacial score (nSPS) is 55.2. The Morgan fingerprint density at radius 1 is 0.631 bits per heavy atom. The summed E-state index contributed by atoms with van der Waals surface area (Å²) in [7, 11) is 0. The minimum absolute atomic E-state index is 0.0134. The molecule has 5 aliphatic carbocycles. The molecule has 3 heterocycles. The van der Waals surface area contributed by atoms with E-state index >= 15 is 0 Å². The van der Waals surface area contributed by atoms with Crippen LogP contribution in [0.25, 0.3) is 0 Å². The van der Waals surface area contributed by atoms with Gasteiger partial charge < -0.3 is 84.6 Å². The van der Waals surface area contributed by atoms with Crippen LogP contribution in [-0.4, -0.2) is 180 Å². The third-order valence-electron chi connectivity index (χ3n) is 19.4. The predicted octanol–water partition coefficient (Wildman–Crippen LogP) is 0.612. The van der Waals surface area contributed by atoms with Crippen molar-refractivity contribution in [3.63, 3.8) is 0 Å². The van der Waals surface area contributed by atoms with Gasteiger partial charge in [-0.1, -0.05) is 60.1 Å². The first kappa shape index (κ1) is 50.4. The molecule has 0 aromatic rings. The maximum atomic E-state index is 12.1. The number of hydrogen-bond acceptors (Lipinski definition) is 17. The molecule has 8 rings (SSSR count). The van der Waals surface area contributed by atoms with E-state index in [0.717, 1.165) is 44.9 Å². The molecular formula is C48H80O17. The summed E-state index contributed by atoms with van der Waals surface area (Å²) in [4.78, 5) is 0. The quantitative estimate of drug-likeness (QED) is 0.112. The summed E-state index contributed by atoms with van der Waals surface area (Å²) in [5, 5.41) is 119. The molecule has 0 aromatic carbocycles. The maximum absolute atomic E-state index is 12.1. The molecule has 17 heteroatoms. The van der Waals surface area contributed by atoms with Gasteiger partial charge in [0.1, 0.15) is 67.1 Å². The molecule has 0 amide bonds. The predicted molar refractivity (Wildman–Crippen MR) is 230 cm³/mol. The van der Waals surface area contributed by atoms with Gasteiger partial charge in [0.2, 0.25) is 0 Å². The van der Waals surface area contributed by atoms with Crippen molar-refractivity contribution < 1.29 is 84.6 Å². The lowest BCUT2D eigenvalue weighted by Crippen LogP contribution is -2.67. The molecule has 7 fully saturated rings. The van der Waals surface area contributed by atoms with Crippen LogP contribution in [0.3, 0.4) is 0 Å². The number of aliphatic hydroxyl groups excluding tert-OH is 11. The topological polar surface area (TPSA) is 278 Å². The van der Waals surface area contributed by atoms with Crippen molar-refractivity contribution in [1.29, 1.82) is 0 Å². The Hall–Kier alpha value is -0.940. The van der Waals surface area contributed by atoms with Crippen LogP contribution in [0.15, 0.2) is 11.6 Å². The molecule has 3 saturated heterocycles. The van der Waals surface area contributed by atoms with E-state index < -0.39 is 128 Å². The van der Waals surface area contributed by atoms with Crippen LogP contribution in [0.4, 0.5) is 0 Å². The molecule has 0 aromatic heterocycles. The molecule has 0 bridgehead atoms. The summed E-state index contributed by atoms with van der Waals surface area (Å²) < 4.78 is 36.3. The third kappa shape index (κ3) is 7.94. The molecule has 0 spiro atoms. The average molecular weight is 929 g/mol. The van der Waals surface area contributed by atoms with Crippen LogP contribution in [0, 0.1) is 50.2 Å². The highest BCUT2D eigenvalue weighted by atomic mass is 16.8. The van der Waals surface area contributed by atoms with Crippen molar-refractivity contribution in [2.45, 2.75) is 218 Å². The van der Waals surface area contributed by atoms with Crippen molar-refractivity contribution in [2.24, 2.45) is 50.2 Å². The second-order valence-electron chi connectivity index (χ2n) is 23.6. The Balaban J connectivity index is 1.03. The van der Waals surface area contributed by atoms with Crippen molar-refractivity contribution in [1.82, 2.24) is 0 Å². The van der Waals surface area contributed by atoms with E-state index in [1.54, 1.807) is 0 Å². The average Bonchev–Trinajstić information content (AvgIpc) is 3.24. The smallest absolute Gasteiger partial charge is 0.187 e. The molecule has 24 atom stereocenters. The second kappa shape index (κ2) is 17.7. The molecule has 8 aliphatic rings. The number of hydrogen-bond donors (Lipinski definition) is 11. The van der Waals surface area contributed by atoms with E-state index in [0.29, 0.717) is 18.8 Å². The van der Waals surface area contributed by atoms with Crippen LogP contribution >= 0.6 is 0 Å². The largest absolute Gasteiger partial charge is 0.396 e. The Morgan fingerprint density at radius 2 is 1.26 bits per heavy atom. The summed E-state index contributed by atoms with van der Waals surface area (Å²) in [6.07, 6.45) is -14.1. The molecule has 17 nitrogen and oxygen atoms in total. The Kier molecular flexibility index (Phi) is 13.8. The fourth-order valence-electron chi connectivity index (χ4n) is 15.1. The number of aliphatic hydroxyl groups is 11. The van der Waals surface area contributed by atoms with E-state index in [4.69, 9.17) is 28.4 Å². The van der Waals surface area contributed by atoms with Gasteiger partial charge in [-0.05, 0) is 110 Å². The van der Waals surface area contributed by atoms with Gasteiger partial charge in [0, 0.05) is 5.41 Å². The van der Waals surface area contributed by atoms with Crippen molar-refractivity contribution >= 4 is 0 Å². The fourth-order valence-corrected chi connectivity index (χ4v) is 15.1. The first-order valence-corrected chi connectivity index (χ1v) is 24.3. The van der Waals surface area contributed by atoms with E-state index in [9.17, 15) is 56.2 Å². The lowest BCUT2D eigenvalue weighted by Gasteiger charge is -2.72. The van der Waals surface area contributed by atoms with Gasteiger partial charge >= 0.3 is 0 Å². The van der Waals surface area contributed by atoms with Crippen molar-refractivity contribution in [3.05, 3.63) is 11.6 Å². The molecule has 4 saturated carbocycles. The summed E-state index contributed by atoms with van der Waals surface area (Å²) in [5.41, 5.74) is 0.0788. The van der Waals surface area contributed by atoms with Gasteiger partial charge in [-0.15, -0.1) is 0 Å². The molecule has 3 aliphatic heterocycles. The van der Waals surface area contributed by atoms with Gasteiger partial charge in [-0.25, -0.2) is 0 Å². The van der Waals surface area contributed by atoms with Crippen LogP contribution < -0.4 is 0 Å². The summed E-state index contributed by atoms with van der Waals surface area (Å²) in [6, 6.07) is 0. The van der Waals surface area contributed by atoms with E-state index in [2.05, 4.69) is 54.5 Å². The molecule has 0 unspecified atom stereocenters. The first-order chi connectivity index (χ1) is 30.3. The van der Waals surface area contributed by atoms with Crippen LogP contribution in [-0.2, 0) is 28.4 Å². The van der Waals surface area contributed by atoms with Crippen LogP contribution in [0.5, 0.6) is 0 Å². The van der Waals surface area contributed by atoms with Gasteiger partial charge in [0.15, 0.2) is 18.9 Å². The van der Waals surface area contributed by atoms with Gasteiger partial charge in [-0.3, -0.25) is 0 Å². The molecule has 65 heavy (non-hydrogen) atoms. The zero-order chi connectivity index (χ0) is 47.6. The summed E-state index contributed by atoms with van der Waals surface area (Å²) in [6.45, 7) is 16.5. The lowest BCUT2D eigenvalue weighted by molar-refractivity contribution is -0.373. The highest BCUT2D eigenvalue weighted by Crippen LogP contribution is 2.76. The zero-order valence-corrected chi connectivity index (χ0v) is 39.5. The van der Waals surface area contributed by atoms with Gasteiger partial charge in [0.05, 0.1) is 38.1 Å². The van der Waals surface area contributed by atoms with Gasteiger partial charge in [-0.2, -0.15) is 0 Å². The highest BCUT2D eigenvalue weighted by molar-refractivity contribution is 5.35. The van der Waals surface area contributed by atoms with E-state index in [1.165, 1.54) is 12.5 Å². The van der Waals surface area contributed by atoms with Crippen molar-refractivity contribution in [3.8, 4) is 0 Å². The highest BCUT2D eigenvalue weighted by Gasteiger charge is 2.70. The van der Waals surface area contributed by atoms with Gasteiger partial charge in [0.25, 0.3) is 0 Å². The molecule has 0 radical (unpaired) electrons. The first-order valence-electron chi connectivity index (χ1n) is 24.3. The number of rotatable bonds is 9. The second-order valence-corrected chi connectivity index (χ2v) is 23.6. The number of allylic oxidation sites excluding steroid dienone is 2. The Labute approximate surface area is 383 Å². The number of fused-ring (bicyclic) bond motifs is 7. The third-order valence-corrected chi connectivity index (χ3v) is 19.4. The molecule has 11 N–H and O–H groups in total. The standard InChI is InChI=1S/C48H80O17/c1-22-31(52)33(54)37(58)41(61-22)65-39-26(20-60-40-36(57)34(55)32(53)25(19-49)62-40)63-42(38(59)35(39)56)64-30-12-13-45(6)27(44(30,4)5)11-14-46(7)28(45)10-9-23-24-17-43(2,3)15-16-48(24,21-50)29(51)18-47(23,46)8/h9,22,24-42,49-59H,10-21H2,1-8H3/t22-,24-,25+,26+,27-,28+,29-,30-,31-,32+,33+,34-,35+,36+,37+,38+,39+,40+,41-,42-,45-,46+,47+,48+/m1/s1. The maximum Gasteiger partial charge on any atom is 0.187 e. The van der Waals surface area contributed by atoms with Crippen LogP contribution in [0.2, 0.25) is 0 Å². The van der Waals surface area contributed by atoms with E-state index in [1.807, 2.05) is 0 Å². The van der Waals surface area contributed by atoms with Crippen LogP contribution in [0.1, 0.15) is 113 Å². The summed E-state index contributed by atoms with van der Waals surface area (Å²) >= 11 is 0. The molecule has 374 valence electrons. The Bertz CT molecular complexity index is 1730. The fraction of sp³-hybridized carbons (Fsp3) is 0.958. The zero-order valence-electron chi connectivity index (χ0n) is 39.5.